The van der Waals surface area contributed by atoms with E-state index in [1.165, 1.54) is 70.6 Å². The van der Waals surface area contributed by atoms with Crippen LogP contribution in [0.1, 0.15) is 149 Å². The Bertz CT molecular complexity index is 956. The Hall–Kier alpha value is -2.65. The molecule has 14 heteroatoms. The fourth-order valence-electron chi connectivity index (χ4n) is 5.72. The van der Waals surface area contributed by atoms with Crippen LogP contribution in [0.4, 0.5) is 0 Å². The number of nitrogens with one attached hydrogen (secondary N) is 4. The molecule has 1 unspecified atom stereocenters. The molecule has 0 bridgehead atoms. The van der Waals surface area contributed by atoms with Crippen molar-refractivity contribution in [3.63, 3.8) is 0 Å². The number of unbranched alkanes of at least 4 members (excludes halogenated alkanes) is 15. The molecule has 1 atom stereocenters. The van der Waals surface area contributed by atoms with Gasteiger partial charge in [-0.25, -0.2) is 4.79 Å². The van der Waals surface area contributed by atoms with Crippen molar-refractivity contribution in [1.82, 2.24) is 21.3 Å². The molecule has 0 spiro atoms. The van der Waals surface area contributed by atoms with Gasteiger partial charge in [-0.2, -0.15) is 0 Å². The Kier molecular flexibility index (Phi) is 39.0. The van der Waals surface area contributed by atoms with Crippen molar-refractivity contribution >= 4 is 29.5 Å². The first kappa shape index (κ1) is 52.3. The van der Waals surface area contributed by atoms with Crippen LogP contribution < -0.4 is 21.3 Å². The number of hydrogen-bond acceptors (Lipinski definition) is 10. The fourth-order valence-corrected chi connectivity index (χ4v) is 5.72. The smallest absolute Gasteiger partial charge is 0.326 e. The first-order valence-corrected chi connectivity index (χ1v) is 21.3. The van der Waals surface area contributed by atoms with Gasteiger partial charge in [-0.1, -0.05) is 96.8 Å². The van der Waals surface area contributed by atoms with E-state index in [2.05, 4.69) is 28.2 Å². The Morgan fingerprint density at radius 3 is 1.51 bits per heavy atom. The number of aliphatic carboxylic acids is 1. The van der Waals surface area contributed by atoms with Crippen molar-refractivity contribution in [2.24, 2.45) is 0 Å². The summed E-state index contributed by atoms with van der Waals surface area (Å²) in [5.74, 6) is -1.78. The zero-order chi connectivity index (χ0) is 40.5. The van der Waals surface area contributed by atoms with E-state index in [0.717, 1.165) is 51.6 Å². The molecule has 0 heterocycles. The standard InChI is InChI=1S/C41H78N4O10/c1-3-4-5-6-7-8-9-10-11-12-13-14-15-18-21-39(48)45-37(41(50)51)22-23-38(47)43-26-29-54-33-34-55-35-40(49)44-27-30-53-32-31-52-28-25-42-24-19-16-17-20-36(2)46/h37,42H,3-35H2,1-2H3,(H,43,47)(H,44,49)(H,45,48)(H,50,51). The summed E-state index contributed by atoms with van der Waals surface area (Å²) in [5, 5.41) is 20.7. The summed E-state index contributed by atoms with van der Waals surface area (Å²) < 4.78 is 21.7. The van der Waals surface area contributed by atoms with Crippen molar-refractivity contribution in [3.05, 3.63) is 0 Å². The third kappa shape index (κ3) is 40.8. The van der Waals surface area contributed by atoms with Crippen molar-refractivity contribution in [1.29, 1.82) is 0 Å². The molecule has 14 nitrogen and oxygen atoms in total. The lowest BCUT2D eigenvalue weighted by Crippen LogP contribution is -2.41. The average molecular weight is 787 g/mol. The average Bonchev–Trinajstić information content (AvgIpc) is 3.15. The van der Waals surface area contributed by atoms with Gasteiger partial charge in [0.15, 0.2) is 0 Å². The van der Waals surface area contributed by atoms with Gasteiger partial charge in [-0.3, -0.25) is 14.4 Å². The van der Waals surface area contributed by atoms with Gasteiger partial charge in [0.1, 0.15) is 18.4 Å². The number of carboxylic acid groups (broad SMARTS) is 1. The number of ether oxygens (including phenoxy) is 4. The number of carbonyl (C=O) groups excluding carboxylic acids is 4. The highest BCUT2D eigenvalue weighted by atomic mass is 16.5. The van der Waals surface area contributed by atoms with E-state index in [4.69, 9.17) is 18.9 Å². The highest BCUT2D eigenvalue weighted by molar-refractivity contribution is 5.84. The summed E-state index contributed by atoms with van der Waals surface area (Å²) in [6.07, 6.45) is 21.2. The van der Waals surface area contributed by atoms with Crippen molar-refractivity contribution in [3.8, 4) is 0 Å². The van der Waals surface area contributed by atoms with Gasteiger partial charge in [-0.05, 0) is 39.2 Å². The Morgan fingerprint density at radius 2 is 0.964 bits per heavy atom. The van der Waals surface area contributed by atoms with E-state index in [1.54, 1.807) is 6.92 Å². The second-order valence-corrected chi connectivity index (χ2v) is 14.2. The number of amides is 3. The van der Waals surface area contributed by atoms with Crippen molar-refractivity contribution in [2.75, 3.05) is 79.0 Å². The molecule has 0 aliphatic rings. The molecule has 0 aliphatic heterocycles. The third-order valence-electron chi connectivity index (χ3n) is 8.97. The van der Waals surface area contributed by atoms with Gasteiger partial charge < -0.3 is 50.1 Å². The van der Waals surface area contributed by atoms with E-state index in [9.17, 15) is 29.1 Å². The van der Waals surface area contributed by atoms with Crippen LogP contribution in [0.25, 0.3) is 0 Å². The quantitative estimate of drug-likeness (QED) is 0.0508. The Balaban J connectivity index is 3.60. The second-order valence-electron chi connectivity index (χ2n) is 14.2. The van der Waals surface area contributed by atoms with Crippen molar-refractivity contribution < 1.29 is 48.0 Å². The summed E-state index contributed by atoms with van der Waals surface area (Å²) in [4.78, 5) is 58.9. The largest absolute Gasteiger partial charge is 0.480 e. The van der Waals surface area contributed by atoms with Gasteiger partial charge in [0, 0.05) is 38.9 Å². The van der Waals surface area contributed by atoms with E-state index in [-0.39, 0.29) is 75.7 Å². The molecule has 0 saturated heterocycles. The van der Waals surface area contributed by atoms with Crippen LogP contribution in [0.2, 0.25) is 0 Å². The molecule has 0 fully saturated rings. The molecular weight excluding hydrogens is 708 g/mol. The Morgan fingerprint density at radius 1 is 0.491 bits per heavy atom. The predicted octanol–water partition coefficient (Wildman–Crippen LogP) is 5.25. The van der Waals surface area contributed by atoms with E-state index in [0.29, 0.717) is 39.4 Å². The van der Waals surface area contributed by atoms with Crippen LogP contribution in [-0.4, -0.2) is 120 Å². The van der Waals surface area contributed by atoms with Gasteiger partial charge in [0.25, 0.3) is 0 Å². The number of carboxylic acids is 1. The maximum atomic E-state index is 12.3. The lowest BCUT2D eigenvalue weighted by molar-refractivity contribution is -0.142. The minimum atomic E-state index is -1.15. The molecule has 0 aromatic rings. The lowest BCUT2D eigenvalue weighted by atomic mass is 10.0. The molecular formula is C41H78N4O10. The third-order valence-corrected chi connectivity index (χ3v) is 8.97. The van der Waals surface area contributed by atoms with Gasteiger partial charge >= 0.3 is 5.97 Å². The first-order valence-electron chi connectivity index (χ1n) is 21.3. The number of ketones is 1. The van der Waals surface area contributed by atoms with Crippen LogP contribution in [0.15, 0.2) is 0 Å². The lowest BCUT2D eigenvalue weighted by Gasteiger charge is -2.14. The van der Waals surface area contributed by atoms with Crippen LogP contribution in [0.5, 0.6) is 0 Å². The molecule has 3 amide bonds. The monoisotopic (exact) mass is 787 g/mol. The topological polar surface area (TPSA) is 191 Å². The SMILES string of the molecule is CCCCCCCCCCCCCCCCC(=O)NC(CCC(=O)NCCOCCOCC(=O)NCCOCCOCCNCCCCCC(C)=O)C(=O)O. The predicted molar refractivity (Wildman–Crippen MR) is 215 cm³/mol. The number of rotatable bonds is 43. The van der Waals surface area contributed by atoms with E-state index in [1.807, 2.05) is 0 Å². The molecule has 0 rings (SSSR count). The van der Waals surface area contributed by atoms with Crippen LogP contribution in [-0.2, 0) is 42.9 Å². The summed E-state index contributed by atoms with van der Waals surface area (Å²) in [5.41, 5.74) is 0. The van der Waals surface area contributed by atoms with Crippen LogP contribution >= 0.6 is 0 Å². The normalized spacial score (nSPS) is 11.7. The maximum Gasteiger partial charge on any atom is 0.326 e. The molecule has 0 aromatic heterocycles. The fraction of sp³-hybridized carbons (Fsp3) is 0.878. The second kappa shape index (κ2) is 41.0. The zero-order valence-electron chi connectivity index (χ0n) is 34.5. The number of carbonyl (C=O) groups is 5. The first-order chi connectivity index (χ1) is 26.8. The molecule has 0 aromatic carbocycles. The molecule has 322 valence electrons. The van der Waals surface area contributed by atoms with Crippen LogP contribution in [0.3, 0.4) is 0 Å². The van der Waals surface area contributed by atoms with Gasteiger partial charge in [-0.15, -0.1) is 0 Å². The Labute approximate surface area is 332 Å². The minimum Gasteiger partial charge on any atom is -0.480 e. The molecule has 0 radical (unpaired) electrons. The minimum absolute atomic E-state index is 0.00740. The summed E-state index contributed by atoms with van der Waals surface area (Å²) >= 11 is 0. The van der Waals surface area contributed by atoms with E-state index < -0.39 is 12.0 Å². The highest BCUT2D eigenvalue weighted by Gasteiger charge is 2.20. The molecule has 55 heavy (non-hydrogen) atoms. The maximum absolute atomic E-state index is 12.3. The van der Waals surface area contributed by atoms with Crippen molar-refractivity contribution in [2.45, 2.75) is 155 Å². The zero-order valence-corrected chi connectivity index (χ0v) is 34.5. The molecule has 5 N–H and O–H groups in total. The van der Waals surface area contributed by atoms with E-state index >= 15 is 0 Å². The summed E-state index contributed by atoms with van der Waals surface area (Å²) in [7, 11) is 0. The van der Waals surface area contributed by atoms with Gasteiger partial charge in [0.05, 0.1) is 46.2 Å². The molecule has 0 saturated carbocycles. The van der Waals surface area contributed by atoms with Gasteiger partial charge in [0.2, 0.25) is 17.7 Å². The summed E-state index contributed by atoms with van der Waals surface area (Å²) in [6.45, 7) is 8.63. The van der Waals surface area contributed by atoms with Crippen LogP contribution in [0, 0.1) is 0 Å². The molecule has 0 aliphatic carbocycles. The number of Topliss-reactive ketones (excluding diaryl/α,β-unsaturated/α-hetero) is 1. The number of hydrogen-bond donors (Lipinski definition) is 5. The summed E-state index contributed by atoms with van der Waals surface area (Å²) in [6, 6.07) is -1.10. The highest BCUT2D eigenvalue weighted by Crippen LogP contribution is 2.13.